The number of nitrogens with one attached hydrogen (secondary N) is 1. The number of hydrogen-bond donors (Lipinski definition) is 2. The molecule has 1 amide bonds. The zero-order chi connectivity index (χ0) is 28.2. The average Bonchev–Trinajstić information content (AvgIpc) is 3.44. The molecule has 204 valence electrons. The summed E-state index contributed by atoms with van der Waals surface area (Å²) in [7, 11) is 1.57. The normalized spacial score (nSPS) is 17.0. The van der Waals surface area contributed by atoms with Crippen LogP contribution in [-0.4, -0.2) is 34.8 Å². The zero-order valence-electron chi connectivity index (χ0n) is 22.1. The first kappa shape index (κ1) is 27.4. The Morgan fingerprint density at radius 2 is 2.05 bits per heavy atom. The fourth-order valence-corrected chi connectivity index (χ4v) is 6.64. The van der Waals surface area contributed by atoms with Gasteiger partial charge in [-0.05, 0) is 42.5 Å². The number of thioether (sulfide) groups is 1. The lowest BCUT2D eigenvalue weighted by molar-refractivity contribution is -0.116. The number of aryl methyl sites for hydroxylation is 1. The minimum Gasteiger partial charge on any atom is -0.497 e. The number of aromatic nitrogens is 2. The van der Waals surface area contributed by atoms with Gasteiger partial charge in [0.2, 0.25) is 11.0 Å². The van der Waals surface area contributed by atoms with Crippen molar-refractivity contribution in [3.8, 4) is 11.8 Å². The minimum atomic E-state index is -0.517. The highest BCUT2D eigenvalue weighted by atomic mass is 32.2. The van der Waals surface area contributed by atoms with Crippen molar-refractivity contribution < 1.29 is 14.3 Å². The van der Waals surface area contributed by atoms with Crippen LogP contribution in [0.2, 0.25) is 0 Å². The summed E-state index contributed by atoms with van der Waals surface area (Å²) < 4.78 is 5.77. The van der Waals surface area contributed by atoms with E-state index in [1.165, 1.54) is 28.7 Å². The van der Waals surface area contributed by atoms with Crippen LogP contribution in [-0.2, 0) is 16.0 Å². The fourth-order valence-electron chi connectivity index (χ4n) is 4.96. The van der Waals surface area contributed by atoms with Crippen LogP contribution in [0.25, 0.3) is 0 Å². The molecular formula is C29H28N6O3S2. The van der Waals surface area contributed by atoms with Crippen molar-refractivity contribution in [1.29, 1.82) is 5.26 Å². The molecule has 0 spiro atoms. The summed E-state index contributed by atoms with van der Waals surface area (Å²) in [6.07, 6.45) is 2.65. The Labute approximate surface area is 240 Å². The Morgan fingerprint density at radius 1 is 1.25 bits per heavy atom. The van der Waals surface area contributed by atoms with Crippen LogP contribution in [0.3, 0.4) is 0 Å². The first-order valence-electron chi connectivity index (χ1n) is 12.9. The zero-order valence-corrected chi connectivity index (χ0v) is 23.8. The number of benzene rings is 2. The van der Waals surface area contributed by atoms with Crippen molar-refractivity contribution in [2.75, 3.05) is 23.1 Å². The summed E-state index contributed by atoms with van der Waals surface area (Å²) >= 11 is 2.52. The third-order valence-electron chi connectivity index (χ3n) is 6.90. The van der Waals surface area contributed by atoms with Gasteiger partial charge in [0.1, 0.15) is 11.6 Å². The molecule has 3 aromatic rings. The van der Waals surface area contributed by atoms with Gasteiger partial charge in [0, 0.05) is 29.4 Å². The van der Waals surface area contributed by atoms with Crippen molar-refractivity contribution in [1.82, 2.24) is 10.2 Å². The standard InChI is InChI=1S/C29H28N6O3S2/c1-3-17-10-12-18(13-11-17)25-21(15-30)27(31)35(22-8-5-9-23(36)26(22)25)28-33-34-29(40-28)39-16-24(37)32-19-6-4-7-20(14-19)38-2/h4,6-7,10-14,25H,3,5,8-9,16,31H2,1-2H3,(H,32,37). The minimum absolute atomic E-state index is 0.0180. The maximum atomic E-state index is 13.3. The molecular weight excluding hydrogens is 544 g/mol. The second-order valence-electron chi connectivity index (χ2n) is 9.33. The highest BCUT2D eigenvalue weighted by Crippen LogP contribution is 2.47. The lowest BCUT2D eigenvalue weighted by Crippen LogP contribution is -2.38. The van der Waals surface area contributed by atoms with E-state index in [2.05, 4.69) is 28.5 Å². The number of carbonyl (C=O) groups is 2. The van der Waals surface area contributed by atoms with Gasteiger partial charge in [-0.25, -0.2) is 0 Å². The van der Waals surface area contributed by atoms with E-state index < -0.39 is 5.92 Å². The summed E-state index contributed by atoms with van der Waals surface area (Å²) in [4.78, 5) is 27.5. The summed E-state index contributed by atoms with van der Waals surface area (Å²) in [5.41, 5.74) is 11.0. The topological polar surface area (TPSA) is 134 Å². The maximum absolute atomic E-state index is 13.3. The summed E-state index contributed by atoms with van der Waals surface area (Å²) in [6.45, 7) is 2.08. The number of hydrogen-bond acceptors (Lipinski definition) is 10. The van der Waals surface area contributed by atoms with Crippen LogP contribution in [0.4, 0.5) is 10.8 Å². The molecule has 1 aliphatic carbocycles. The number of anilines is 2. The number of amides is 1. The Kier molecular flexibility index (Phi) is 8.19. The maximum Gasteiger partial charge on any atom is 0.234 e. The summed E-state index contributed by atoms with van der Waals surface area (Å²) in [6, 6.07) is 17.4. The van der Waals surface area contributed by atoms with Gasteiger partial charge < -0.3 is 15.8 Å². The first-order valence-corrected chi connectivity index (χ1v) is 14.7. The molecule has 0 fully saturated rings. The van der Waals surface area contributed by atoms with Crippen molar-refractivity contribution in [3.63, 3.8) is 0 Å². The largest absolute Gasteiger partial charge is 0.497 e. The molecule has 2 aliphatic rings. The van der Waals surface area contributed by atoms with Gasteiger partial charge in [-0.2, -0.15) is 5.26 Å². The Balaban J connectivity index is 1.40. The molecule has 1 atom stereocenters. The SMILES string of the molecule is CCc1ccc(C2C(C#N)=C(N)N(c3nnc(SCC(=O)Nc4cccc(OC)c4)s3)C3=C2C(=O)CCC3)cc1. The number of nitrogens with two attached hydrogens (primary N) is 1. The first-order chi connectivity index (χ1) is 19.4. The summed E-state index contributed by atoms with van der Waals surface area (Å²) in [5.74, 6) is 0.339. The number of allylic oxidation sites excluding steroid dienone is 3. The third-order valence-corrected chi connectivity index (χ3v) is 8.94. The van der Waals surface area contributed by atoms with Gasteiger partial charge >= 0.3 is 0 Å². The lowest BCUT2D eigenvalue weighted by atomic mass is 9.75. The second kappa shape index (κ2) is 11.9. The van der Waals surface area contributed by atoms with Crippen LogP contribution in [0, 0.1) is 11.3 Å². The Morgan fingerprint density at radius 3 is 2.77 bits per heavy atom. The number of ether oxygens (including phenoxy) is 1. The third kappa shape index (κ3) is 5.46. The molecule has 2 aromatic carbocycles. The van der Waals surface area contributed by atoms with Crippen LogP contribution in [0.1, 0.15) is 43.2 Å². The monoisotopic (exact) mass is 572 g/mol. The molecule has 11 heteroatoms. The summed E-state index contributed by atoms with van der Waals surface area (Å²) in [5, 5.41) is 22.1. The number of methoxy groups -OCH3 is 1. The molecule has 9 nitrogen and oxygen atoms in total. The number of ketones is 1. The molecule has 1 unspecified atom stereocenters. The lowest BCUT2D eigenvalue weighted by Gasteiger charge is -2.38. The van der Waals surface area contributed by atoms with Crippen LogP contribution in [0.15, 0.2) is 75.5 Å². The van der Waals surface area contributed by atoms with E-state index in [0.717, 1.165) is 17.7 Å². The highest BCUT2D eigenvalue weighted by Gasteiger charge is 2.41. The molecule has 3 N–H and O–H groups in total. The molecule has 2 heterocycles. The van der Waals surface area contributed by atoms with E-state index in [-0.39, 0.29) is 23.3 Å². The van der Waals surface area contributed by atoms with Crippen LogP contribution >= 0.6 is 23.1 Å². The van der Waals surface area contributed by atoms with Gasteiger partial charge in [-0.1, -0.05) is 60.4 Å². The van der Waals surface area contributed by atoms with Gasteiger partial charge in [0.15, 0.2) is 10.1 Å². The van der Waals surface area contributed by atoms with E-state index in [1.54, 1.807) is 36.3 Å². The van der Waals surface area contributed by atoms with E-state index in [0.29, 0.717) is 51.3 Å². The highest BCUT2D eigenvalue weighted by molar-refractivity contribution is 8.01. The van der Waals surface area contributed by atoms with Gasteiger partial charge in [-0.15, -0.1) is 10.2 Å². The predicted molar refractivity (Wildman–Crippen MR) is 156 cm³/mol. The van der Waals surface area contributed by atoms with Gasteiger partial charge in [0.05, 0.1) is 30.4 Å². The molecule has 0 saturated carbocycles. The van der Waals surface area contributed by atoms with E-state index in [4.69, 9.17) is 10.5 Å². The van der Waals surface area contributed by atoms with Crippen LogP contribution < -0.4 is 20.7 Å². The molecule has 5 rings (SSSR count). The molecule has 1 aliphatic heterocycles. The Bertz CT molecular complexity index is 1550. The number of nitrogens with zero attached hydrogens (tertiary/aromatic N) is 4. The predicted octanol–water partition coefficient (Wildman–Crippen LogP) is 5.14. The van der Waals surface area contributed by atoms with Gasteiger partial charge in [0.25, 0.3) is 0 Å². The molecule has 0 bridgehead atoms. The average molecular weight is 573 g/mol. The number of Topliss-reactive ketones (excluding diaryl/α,β-unsaturated/α-hetero) is 1. The number of rotatable bonds is 8. The second-order valence-corrected chi connectivity index (χ2v) is 11.5. The quantitative estimate of drug-likeness (QED) is 0.352. The van der Waals surface area contributed by atoms with Crippen molar-refractivity contribution in [2.45, 2.75) is 42.9 Å². The number of nitriles is 1. The van der Waals surface area contributed by atoms with E-state index in [1.807, 2.05) is 24.3 Å². The fraction of sp³-hybridized carbons (Fsp3) is 0.276. The molecule has 40 heavy (non-hydrogen) atoms. The number of carbonyl (C=O) groups excluding carboxylic acids is 2. The van der Waals surface area contributed by atoms with Crippen LogP contribution in [0.5, 0.6) is 5.75 Å². The van der Waals surface area contributed by atoms with Crippen molar-refractivity contribution in [3.05, 3.63) is 82.3 Å². The Hall–Kier alpha value is -4.14. The van der Waals surface area contributed by atoms with E-state index >= 15 is 0 Å². The van der Waals surface area contributed by atoms with E-state index in [9.17, 15) is 14.9 Å². The van der Waals surface area contributed by atoms with Gasteiger partial charge in [-0.3, -0.25) is 14.5 Å². The smallest absolute Gasteiger partial charge is 0.234 e. The van der Waals surface area contributed by atoms with Crippen molar-refractivity contribution >= 4 is 45.6 Å². The molecule has 0 radical (unpaired) electrons. The van der Waals surface area contributed by atoms with Crippen molar-refractivity contribution in [2.24, 2.45) is 5.73 Å². The molecule has 0 saturated heterocycles. The molecule has 1 aromatic heterocycles.